The van der Waals surface area contributed by atoms with Crippen molar-refractivity contribution in [3.63, 3.8) is 0 Å². The predicted octanol–water partition coefficient (Wildman–Crippen LogP) is 4.60. The van der Waals surface area contributed by atoms with E-state index in [4.69, 9.17) is 9.47 Å². The van der Waals surface area contributed by atoms with Crippen molar-refractivity contribution in [1.82, 2.24) is 0 Å². The van der Waals surface area contributed by atoms with Crippen LogP contribution >= 0.6 is 0 Å². The lowest BCUT2D eigenvalue weighted by Gasteiger charge is -2.37. The highest BCUT2D eigenvalue weighted by Gasteiger charge is 2.34. The van der Waals surface area contributed by atoms with Crippen molar-refractivity contribution in [2.75, 3.05) is 0 Å². The maximum Gasteiger partial charge on any atom is 0.347 e. The molecular formula is C19H27FO3. The lowest BCUT2D eigenvalue weighted by Crippen LogP contribution is -2.39. The number of hydrogen-bond donors (Lipinski definition) is 0. The number of halogens is 1. The van der Waals surface area contributed by atoms with Crippen LogP contribution in [0.15, 0.2) is 24.3 Å². The maximum atomic E-state index is 12.9. The van der Waals surface area contributed by atoms with Crippen LogP contribution in [0.1, 0.15) is 47.0 Å². The average molecular weight is 322 g/mol. The number of carbonyl (C=O) groups is 1. The number of carbonyl (C=O) groups excluding carboxylic acids is 1. The number of benzene rings is 1. The summed E-state index contributed by atoms with van der Waals surface area (Å²) in [7, 11) is 0. The van der Waals surface area contributed by atoms with Gasteiger partial charge in [0.2, 0.25) is 0 Å². The van der Waals surface area contributed by atoms with Crippen molar-refractivity contribution in [3.8, 4) is 5.75 Å². The Kier molecular flexibility index (Phi) is 6.03. The second-order valence-electron chi connectivity index (χ2n) is 7.02. The molecule has 0 spiro atoms. The summed E-state index contributed by atoms with van der Waals surface area (Å²) in [6.07, 6.45) is 2.47. The number of ether oxygens (including phenoxy) is 2. The lowest BCUT2D eigenvalue weighted by atomic mass is 9.75. The summed E-state index contributed by atoms with van der Waals surface area (Å²) < 4.78 is 24.2. The fraction of sp³-hybridized carbons (Fsp3) is 0.632. The van der Waals surface area contributed by atoms with Gasteiger partial charge in [0.05, 0.1) is 0 Å². The Labute approximate surface area is 138 Å². The highest BCUT2D eigenvalue weighted by molar-refractivity contribution is 5.74. The minimum Gasteiger partial charge on any atom is -0.479 e. The number of hydrogen-bond acceptors (Lipinski definition) is 3. The molecule has 1 aliphatic carbocycles. The molecule has 1 aromatic carbocycles. The number of rotatable bonds is 5. The summed E-state index contributed by atoms with van der Waals surface area (Å²) in [6, 6.07) is 5.65. The topological polar surface area (TPSA) is 35.5 Å². The first-order valence-electron chi connectivity index (χ1n) is 8.49. The van der Waals surface area contributed by atoms with Crippen LogP contribution in [0.5, 0.6) is 5.75 Å². The van der Waals surface area contributed by atoms with Crippen LogP contribution in [0.4, 0.5) is 4.39 Å². The fourth-order valence-corrected chi connectivity index (χ4v) is 3.26. The maximum absolute atomic E-state index is 12.9. The molecule has 23 heavy (non-hydrogen) atoms. The quantitative estimate of drug-likeness (QED) is 0.743. The Hall–Kier alpha value is -1.58. The Balaban J connectivity index is 1.94. The molecule has 0 bridgehead atoms. The second kappa shape index (κ2) is 7.80. The third-order valence-corrected chi connectivity index (χ3v) is 4.69. The monoisotopic (exact) mass is 322 g/mol. The minimum absolute atomic E-state index is 0.0366. The van der Waals surface area contributed by atoms with Crippen LogP contribution in [-0.4, -0.2) is 18.2 Å². The summed E-state index contributed by atoms with van der Waals surface area (Å²) in [4.78, 5) is 12.3. The van der Waals surface area contributed by atoms with Gasteiger partial charge in [-0.3, -0.25) is 0 Å². The Morgan fingerprint density at radius 1 is 1.17 bits per heavy atom. The molecule has 1 saturated carbocycles. The first-order chi connectivity index (χ1) is 10.9. The van der Waals surface area contributed by atoms with E-state index in [-0.39, 0.29) is 17.9 Å². The average Bonchev–Trinajstić information content (AvgIpc) is 2.49. The van der Waals surface area contributed by atoms with Gasteiger partial charge in [0.1, 0.15) is 17.7 Å². The molecule has 2 rings (SSSR count). The summed E-state index contributed by atoms with van der Waals surface area (Å²) in [5.74, 6) is 1.27. The molecule has 0 aromatic heterocycles. The molecule has 1 aliphatic rings. The van der Waals surface area contributed by atoms with Gasteiger partial charge < -0.3 is 9.47 Å². The smallest absolute Gasteiger partial charge is 0.347 e. The molecule has 0 radical (unpaired) electrons. The molecular weight excluding hydrogens is 295 g/mol. The Morgan fingerprint density at radius 3 is 2.43 bits per heavy atom. The van der Waals surface area contributed by atoms with Crippen molar-refractivity contribution >= 4 is 5.97 Å². The molecule has 1 fully saturated rings. The van der Waals surface area contributed by atoms with Gasteiger partial charge in [-0.05, 0) is 61.8 Å². The SMILES string of the molecule is CC(C)[C@H]1CC[C@H](C)C[C@H]1OC(=O)[C@@H](C)Oc1ccc(F)cc1. The summed E-state index contributed by atoms with van der Waals surface area (Å²) in [5.41, 5.74) is 0. The van der Waals surface area contributed by atoms with Crippen molar-refractivity contribution in [2.45, 2.75) is 59.2 Å². The van der Waals surface area contributed by atoms with E-state index in [0.29, 0.717) is 23.5 Å². The van der Waals surface area contributed by atoms with Gasteiger partial charge >= 0.3 is 5.97 Å². The van der Waals surface area contributed by atoms with Crippen LogP contribution in [0.2, 0.25) is 0 Å². The van der Waals surface area contributed by atoms with E-state index in [9.17, 15) is 9.18 Å². The van der Waals surface area contributed by atoms with Crippen molar-refractivity contribution < 1.29 is 18.7 Å². The first-order valence-corrected chi connectivity index (χ1v) is 8.49. The van der Waals surface area contributed by atoms with Crippen molar-refractivity contribution in [1.29, 1.82) is 0 Å². The molecule has 0 unspecified atom stereocenters. The highest BCUT2D eigenvalue weighted by Crippen LogP contribution is 2.35. The van der Waals surface area contributed by atoms with E-state index in [0.717, 1.165) is 12.8 Å². The van der Waals surface area contributed by atoms with Crippen LogP contribution < -0.4 is 4.74 Å². The number of esters is 1. The largest absolute Gasteiger partial charge is 0.479 e. The van der Waals surface area contributed by atoms with Crippen LogP contribution in [0.25, 0.3) is 0 Å². The summed E-state index contributed by atoms with van der Waals surface area (Å²) in [6.45, 7) is 8.23. The molecule has 1 aromatic rings. The molecule has 0 saturated heterocycles. The molecule has 0 heterocycles. The summed E-state index contributed by atoms with van der Waals surface area (Å²) >= 11 is 0. The van der Waals surface area contributed by atoms with E-state index in [1.165, 1.54) is 30.7 Å². The third kappa shape index (κ3) is 4.95. The molecule has 0 aliphatic heterocycles. The standard InChI is InChI=1S/C19H27FO3/c1-12(2)17-10-5-13(3)11-18(17)23-19(21)14(4)22-16-8-6-15(20)7-9-16/h6-9,12-14,17-18H,5,10-11H2,1-4H3/t13-,14+,17+,18+/m0/s1. The molecule has 128 valence electrons. The molecule has 4 heteroatoms. The Morgan fingerprint density at radius 2 is 1.83 bits per heavy atom. The van der Waals surface area contributed by atoms with Gasteiger partial charge in [0.25, 0.3) is 0 Å². The van der Waals surface area contributed by atoms with Gasteiger partial charge in [-0.15, -0.1) is 0 Å². The van der Waals surface area contributed by atoms with Crippen molar-refractivity contribution in [2.24, 2.45) is 17.8 Å². The van der Waals surface area contributed by atoms with E-state index in [1.807, 2.05) is 0 Å². The Bertz CT molecular complexity index is 512. The van der Waals surface area contributed by atoms with Gasteiger partial charge in [-0.1, -0.05) is 27.2 Å². The normalized spacial score (nSPS) is 25.9. The highest BCUT2D eigenvalue weighted by atomic mass is 19.1. The van der Waals surface area contributed by atoms with Crippen LogP contribution in [0, 0.1) is 23.6 Å². The van der Waals surface area contributed by atoms with E-state index in [2.05, 4.69) is 20.8 Å². The van der Waals surface area contributed by atoms with Gasteiger partial charge in [0.15, 0.2) is 6.10 Å². The van der Waals surface area contributed by atoms with Gasteiger partial charge in [-0.25, -0.2) is 9.18 Å². The van der Waals surface area contributed by atoms with Gasteiger partial charge in [0, 0.05) is 0 Å². The zero-order chi connectivity index (χ0) is 17.0. The van der Waals surface area contributed by atoms with Crippen LogP contribution in [-0.2, 0) is 9.53 Å². The third-order valence-electron chi connectivity index (χ3n) is 4.69. The first kappa shape index (κ1) is 17.8. The van der Waals surface area contributed by atoms with E-state index in [1.54, 1.807) is 6.92 Å². The summed E-state index contributed by atoms with van der Waals surface area (Å²) in [5, 5.41) is 0. The molecule has 0 amide bonds. The predicted molar refractivity (Wildman–Crippen MR) is 87.7 cm³/mol. The van der Waals surface area contributed by atoms with E-state index >= 15 is 0 Å². The second-order valence-corrected chi connectivity index (χ2v) is 7.02. The zero-order valence-electron chi connectivity index (χ0n) is 14.4. The van der Waals surface area contributed by atoms with Crippen molar-refractivity contribution in [3.05, 3.63) is 30.1 Å². The molecule has 4 atom stereocenters. The minimum atomic E-state index is -0.703. The fourth-order valence-electron chi connectivity index (χ4n) is 3.26. The van der Waals surface area contributed by atoms with Crippen LogP contribution in [0.3, 0.4) is 0 Å². The lowest BCUT2D eigenvalue weighted by molar-refractivity contribution is -0.163. The van der Waals surface area contributed by atoms with Gasteiger partial charge in [-0.2, -0.15) is 0 Å². The molecule has 3 nitrogen and oxygen atoms in total. The zero-order valence-corrected chi connectivity index (χ0v) is 14.4. The molecule has 0 N–H and O–H groups in total. The van der Waals surface area contributed by atoms with E-state index < -0.39 is 6.10 Å².